The lowest BCUT2D eigenvalue weighted by atomic mass is 9.56. The molecule has 1 aromatic rings. The second-order valence-corrected chi connectivity index (χ2v) is 10.2. The Morgan fingerprint density at radius 3 is 2.58 bits per heavy atom. The molecule has 4 aliphatic rings. The number of carbonyl (C=O) groups excluding carboxylic acids is 4. The van der Waals surface area contributed by atoms with Gasteiger partial charge in [-0.3, -0.25) is 29.4 Å². The monoisotopic (exact) mass is 492 g/mol. The van der Waals surface area contributed by atoms with Crippen LogP contribution in [0, 0.1) is 17.8 Å². The lowest BCUT2D eigenvalue weighted by Crippen LogP contribution is -2.60. The van der Waals surface area contributed by atoms with Crippen molar-refractivity contribution >= 4 is 46.8 Å². The Kier molecular flexibility index (Phi) is 4.85. The standard InChI is InChI=1S/C23H22Cl2N2O6/c1-3-33-14-6-4-5-12(17(14)28)16-10-7-8-11-15(19(30)26-18(11)29)13(10)9-22(24)20(31)27(2)21(32)23(16,22)25/h4-7,11,13,15-16,28H,3,8-9H2,1-2H3,(H,26,29,30)/t11-,13+,15-,16+,22+,23-/m0/s1. The van der Waals surface area contributed by atoms with Crippen molar-refractivity contribution < 1.29 is 29.0 Å². The summed E-state index contributed by atoms with van der Waals surface area (Å²) < 4.78 is 5.53. The van der Waals surface area contributed by atoms with Crippen molar-refractivity contribution in [3.05, 3.63) is 35.4 Å². The van der Waals surface area contributed by atoms with E-state index in [1.807, 2.05) is 0 Å². The van der Waals surface area contributed by atoms with E-state index in [-0.39, 0.29) is 35.8 Å². The minimum atomic E-state index is -1.93. The second-order valence-electron chi connectivity index (χ2n) is 8.98. The molecule has 10 heteroatoms. The quantitative estimate of drug-likeness (QED) is 0.379. The fourth-order valence-corrected chi connectivity index (χ4v) is 7.06. The molecule has 174 valence electrons. The van der Waals surface area contributed by atoms with Gasteiger partial charge in [0.05, 0.1) is 18.4 Å². The number of ether oxygens (including phenoxy) is 1. The van der Waals surface area contributed by atoms with Crippen LogP contribution in [0.1, 0.15) is 31.2 Å². The molecule has 2 saturated heterocycles. The highest BCUT2D eigenvalue weighted by Crippen LogP contribution is 2.65. The van der Waals surface area contributed by atoms with E-state index in [2.05, 4.69) is 5.32 Å². The summed E-state index contributed by atoms with van der Waals surface area (Å²) in [6.07, 6.45) is 2.00. The summed E-state index contributed by atoms with van der Waals surface area (Å²) in [4.78, 5) is 48.9. The molecule has 2 N–H and O–H groups in total. The summed E-state index contributed by atoms with van der Waals surface area (Å²) in [7, 11) is 1.32. The Morgan fingerprint density at radius 1 is 1.15 bits per heavy atom. The molecule has 33 heavy (non-hydrogen) atoms. The lowest BCUT2D eigenvalue weighted by molar-refractivity contribution is -0.138. The number of hydrogen-bond donors (Lipinski definition) is 2. The molecule has 0 spiro atoms. The fourth-order valence-electron chi connectivity index (χ4n) is 6.04. The number of hydrogen-bond acceptors (Lipinski definition) is 6. The van der Waals surface area contributed by atoms with Gasteiger partial charge >= 0.3 is 0 Å². The molecule has 5 rings (SSSR count). The van der Waals surface area contributed by atoms with E-state index in [1.165, 1.54) is 7.05 Å². The zero-order valence-corrected chi connectivity index (χ0v) is 19.4. The summed E-state index contributed by atoms with van der Waals surface area (Å²) >= 11 is 14.0. The van der Waals surface area contributed by atoms with Gasteiger partial charge in [0.25, 0.3) is 11.8 Å². The topological polar surface area (TPSA) is 113 Å². The first-order chi connectivity index (χ1) is 15.6. The maximum Gasteiger partial charge on any atom is 0.253 e. The van der Waals surface area contributed by atoms with Gasteiger partial charge in [-0.05, 0) is 31.7 Å². The molecule has 0 unspecified atom stereocenters. The highest BCUT2D eigenvalue weighted by Gasteiger charge is 2.75. The van der Waals surface area contributed by atoms with Gasteiger partial charge < -0.3 is 9.84 Å². The molecule has 2 aliphatic carbocycles. The largest absolute Gasteiger partial charge is 0.504 e. The van der Waals surface area contributed by atoms with Crippen molar-refractivity contribution in [2.45, 2.75) is 35.4 Å². The van der Waals surface area contributed by atoms with Gasteiger partial charge in [0.1, 0.15) is 0 Å². The molecule has 4 amide bonds. The van der Waals surface area contributed by atoms with Crippen molar-refractivity contribution in [3.8, 4) is 11.5 Å². The second kappa shape index (κ2) is 7.21. The summed E-state index contributed by atoms with van der Waals surface area (Å²) in [5.74, 6) is -5.09. The third-order valence-electron chi connectivity index (χ3n) is 7.50. The van der Waals surface area contributed by atoms with Crippen LogP contribution >= 0.6 is 23.2 Å². The first kappa shape index (κ1) is 22.2. The number of alkyl halides is 2. The van der Waals surface area contributed by atoms with Gasteiger partial charge in [-0.2, -0.15) is 0 Å². The fraction of sp³-hybridized carbons (Fsp3) is 0.478. The molecule has 0 aromatic heterocycles. The molecular weight excluding hydrogens is 471 g/mol. The highest BCUT2D eigenvalue weighted by molar-refractivity contribution is 6.53. The van der Waals surface area contributed by atoms with E-state index >= 15 is 0 Å². The summed E-state index contributed by atoms with van der Waals surface area (Å²) in [5.41, 5.74) is 0.893. The Bertz CT molecular complexity index is 1150. The van der Waals surface area contributed by atoms with Gasteiger partial charge in [0.15, 0.2) is 21.2 Å². The average Bonchev–Trinajstić information content (AvgIpc) is 3.14. The maximum atomic E-state index is 13.4. The molecule has 1 aromatic carbocycles. The number of fused-ring (bicyclic) bond motifs is 4. The van der Waals surface area contributed by atoms with Gasteiger partial charge in [0.2, 0.25) is 11.8 Å². The number of carbonyl (C=O) groups is 4. The third kappa shape index (κ3) is 2.65. The van der Waals surface area contributed by atoms with Crippen LogP contribution in [0.5, 0.6) is 11.5 Å². The number of para-hydroxylation sites is 1. The number of imide groups is 2. The number of amides is 4. The lowest BCUT2D eigenvalue weighted by Gasteiger charge is -2.50. The van der Waals surface area contributed by atoms with Crippen molar-refractivity contribution in [3.63, 3.8) is 0 Å². The Morgan fingerprint density at radius 2 is 1.88 bits per heavy atom. The first-order valence-corrected chi connectivity index (χ1v) is 11.5. The Labute approximate surface area is 199 Å². The van der Waals surface area contributed by atoms with Crippen molar-refractivity contribution in [1.29, 1.82) is 0 Å². The van der Waals surface area contributed by atoms with Crippen LogP contribution in [-0.4, -0.2) is 57.0 Å². The van der Waals surface area contributed by atoms with Crippen LogP contribution in [0.15, 0.2) is 29.8 Å². The van der Waals surface area contributed by atoms with E-state index in [1.54, 1.807) is 31.2 Å². The van der Waals surface area contributed by atoms with Gasteiger partial charge in [-0.1, -0.05) is 23.8 Å². The van der Waals surface area contributed by atoms with E-state index in [0.29, 0.717) is 12.2 Å². The summed E-state index contributed by atoms with van der Waals surface area (Å²) in [6, 6.07) is 4.84. The number of nitrogens with one attached hydrogen (secondary N) is 1. The predicted molar refractivity (Wildman–Crippen MR) is 118 cm³/mol. The normalized spacial score (nSPS) is 37.3. The number of allylic oxidation sites excluding steroid dienone is 2. The van der Waals surface area contributed by atoms with E-state index in [0.717, 1.165) is 4.90 Å². The molecule has 2 aliphatic heterocycles. The number of halogens is 2. The highest BCUT2D eigenvalue weighted by atomic mass is 35.5. The average molecular weight is 493 g/mol. The number of phenolic OH excluding ortho intramolecular Hbond substituents is 1. The van der Waals surface area contributed by atoms with Crippen molar-refractivity contribution in [1.82, 2.24) is 10.2 Å². The summed E-state index contributed by atoms with van der Waals surface area (Å²) in [6.45, 7) is 2.06. The number of nitrogens with zero attached hydrogens (tertiary/aromatic N) is 1. The molecule has 1 saturated carbocycles. The number of likely N-dealkylation sites (tertiary alicyclic amines) is 1. The zero-order chi connectivity index (χ0) is 23.9. The van der Waals surface area contributed by atoms with Crippen LogP contribution < -0.4 is 10.1 Å². The smallest absolute Gasteiger partial charge is 0.253 e. The van der Waals surface area contributed by atoms with Crippen LogP contribution in [-0.2, 0) is 19.2 Å². The first-order valence-electron chi connectivity index (χ1n) is 10.8. The minimum absolute atomic E-state index is 0.0803. The minimum Gasteiger partial charge on any atom is -0.504 e. The molecular formula is C23H22Cl2N2O6. The SMILES string of the molecule is CCOc1cccc([C@H]2C3=CC[C@@H]4C(=O)NC(=O)[C@@H]4[C@@H]3C[C@@]3(Cl)C(=O)N(C)C(=O)[C@@]23Cl)c1O. The van der Waals surface area contributed by atoms with Crippen LogP contribution in [0.25, 0.3) is 0 Å². The molecule has 8 nitrogen and oxygen atoms in total. The molecule has 0 bridgehead atoms. The van der Waals surface area contributed by atoms with Crippen LogP contribution in [0.2, 0.25) is 0 Å². The van der Waals surface area contributed by atoms with Crippen LogP contribution in [0.3, 0.4) is 0 Å². The van der Waals surface area contributed by atoms with E-state index < -0.39 is 51.1 Å². The van der Waals surface area contributed by atoms with E-state index in [9.17, 15) is 24.3 Å². The summed E-state index contributed by atoms with van der Waals surface area (Å²) in [5, 5.41) is 13.5. The van der Waals surface area contributed by atoms with Crippen molar-refractivity contribution in [2.75, 3.05) is 13.7 Å². The van der Waals surface area contributed by atoms with Gasteiger partial charge in [-0.25, -0.2) is 0 Å². The van der Waals surface area contributed by atoms with Crippen molar-refractivity contribution in [2.24, 2.45) is 17.8 Å². The molecule has 3 fully saturated rings. The number of benzene rings is 1. The van der Waals surface area contributed by atoms with Gasteiger partial charge in [0, 0.05) is 18.5 Å². The Hall–Kier alpha value is -2.58. The Balaban J connectivity index is 1.77. The molecule has 6 atom stereocenters. The van der Waals surface area contributed by atoms with E-state index in [4.69, 9.17) is 27.9 Å². The number of aromatic hydroxyl groups is 1. The number of rotatable bonds is 3. The predicted octanol–water partition coefficient (Wildman–Crippen LogP) is 2.07. The number of phenols is 1. The third-order valence-corrected chi connectivity index (χ3v) is 8.91. The molecule has 0 radical (unpaired) electrons. The maximum absolute atomic E-state index is 13.4. The van der Waals surface area contributed by atoms with Gasteiger partial charge in [-0.15, -0.1) is 23.2 Å². The molecule has 2 heterocycles. The zero-order valence-electron chi connectivity index (χ0n) is 17.9. The van der Waals surface area contributed by atoms with Crippen LogP contribution in [0.4, 0.5) is 0 Å².